The average molecular weight is 168 g/mol. The standard InChI is InChI=1S/C9H12O3/c10-8-4-6-2-1-3-7(6)5-9(11)12-8/h6-7H,1-5H2. The van der Waals surface area contributed by atoms with Crippen molar-refractivity contribution in [3.8, 4) is 0 Å². The van der Waals surface area contributed by atoms with E-state index in [0.717, 1.165) is 19.3 Å². The highest BCUT2D eigenvalue weighted by Crippen LogP contribution is 2.38. The molecule has 2 rings (SSSR count). The zero-order valence-electron chi connectivity index (χ0n) is 6.91. The second kappa shape index (κ2) is 2.88. The lowest BCUT2D eigenvalue weighted by Crippen LogP contribution is -2.08. The molecule has 0 bridgehead atoms. The topological polar surface area (TPSA) is 43.4 Å². The van der Waals surface area contributed by atoms with Crippen LogP contribution in [0.15, 0.2) is 0 Å². The molecule has 0 aromatic heterocycles. The van der Waals surface area contributed by atoms with Crippen LogP contribution < -0.4 is 0 Å². The molecule has 3 heteroatoms. The number of esters is 2. The Balaban J connectivity index is 2.12. The minimum Gasteiger partial charge on any atom is -0.393 e. The highest BCUT2D eigenvalue weighted by molar-refractivity contribution is 5.86. The fourth-order valence-electron chi connectivity index (χ4n) is 2.29. The predicted molar refractivity (Wildman–Crippen MR) is 41.2 cm³/mol. The Morgan fingerprint density at radius 1 is 1.00 bits per heavy atom. The number of carbonyl (C=O) groups is 2. The number of carbonyl (C=O) groups excluding carboxylic acids is 2. The molecule has 0 amide bonds. The van der Waals surface area contributed by atoms with E-state index in [4.69, 9.17) is 0 Å². The lowest BCUT2D eigenvalue weighted by molar-refractivity contribution is -0.158. The molecule has 0 spiro atoms. The van der Waals surface area contributed by atoms with Crippen molar-refractivity contribution in [3.05, 3.63) is 0 Å². The van der Waals surface area contributed by atoms with Crippen LogP contribution in [0, 0.1) is 11.8 Å². The van der Waals surface area contributed by atoms with E-state index < -0.39 is 0 Å². The van der Waals surface area contributed by atoms with Crippen LogP contribution in [0.3, 0.4) is 0 Å². The van der Waals surface area contributed by atoms with E-state index in [1.807, 2.05) is 0 Å². The van der Waals surface area contributed by atoms with Gasteiger partial charge >= 0.3 is 11.9 Å². The summed E-state index contributed by atoms with van der Waals surface area (Å²) in [5.41, 5.74) is 0. The second-order valence-corrected chi connectivity index (χ2v) is 3.71. The third-order valence-electron chi connectivity index (χ3n) is 2.90. The zero-order chi connectivity index (χ0) is 8.55. The van der Waals surface area contributed by atoms with Gasteiger partial charge < -0.3 is 4.74 Å². The van der Waals surface area contributed by atoms with Crippen LogP contribution in [-0.4, -0.2) is 11.9 Å². The summed E-state index contributed by atoms with van der Waals surface area (Å²) >= 11 is 0. The molecule has 66 valence electrons. The predicted octanol–water partition coefficient (Wildman–Crippen LogP) is 1.27. The Morgan fingerprint density at radius 2 is 1.50 bits per heavy atom. The molecule has 2 fully saturated rings. The molecule has 3 nitrogen and oxygen atoms in total. The van der Waals surface area contributed by atoms with Gasteiger partial charge in [0.15, 0.2) is 0 Å². The maximum absolute atomic E-state index is 11.0. The van der Waals surface area contributed by atoms with Gasteiger partial charge in [-0.25, -0.2) is 0 Å². The first-order valence-electron chi connectivity index (χ1n) is 4.49. The molecule has 2 aliphatic rings. The first-order chi connectivity index (χ1) is 5.75. The fraction of sp³-hybridized carbons (Fsp3) is 0.778. The molecular formula is C9H12O3. The van der Waals surface area contributed by atoms with E-state index in [1.165, 1.54) is 0 Å². The average Bonchev–Trinajstić information content (AvgIpc) is 2.31. The van der Waals surface area contributed by atoms with Crippen molar-refractivity contribution in [2.75, 3.05) is 0 Å². The SMILES string of the molecule is O=C1CC2CCCC2CC(=O)O1. The van der Waals surface area contributed by atoms with E-state index >= 15 is 0 Å². The van der Waals surface area contributed by atoms with E-state index in [9.17, 15) is 9.59 Å². The van der Waals surface area contributed by atoms with Gasteiger partial charge in [0, 0.05) is 12.8 Å². The lowest BCUT2D eigenvalue weighted by atomic mass is 9.91. The fourth-order valence-corrected chi connectivity index (χ4v) is 2.29. The number of hydrogen-bond acceptors (Lipinski definition) is 3. The van der Waals surface area contributed by atoms with Crippen molar-refractivity contribution in [1.82, 2.24) is 0 Å². The first-order valence-corrected chi connectivity index (χ1v) is 4.49. The molecule has 1 aliphatic carbocycles. The Labute approximate surface area is 71.1 Å². The Morgan fingerprint density at radius 3 is 2.00 bits per heavy atom. The highest BCUT2D eigenvalue weighted by atomic mass is 16.6. The van der Waals surface area contributed by atoms with Crippen molar-refractivity contribution in [2.24, 2.45) is 11.8 Å². The van der Waals surface area contributed by atoms with Gasteiger partial charge in [-0.05, 0) is 24.7 Å². The molecule has 0 aromatic rings. The number of cyclic esters (lactones) is 2. The highest BCUT2D eigenvalue weighted by Gasteiger charge is 2.35. The summed E-state index contributed by atoms with van der Waals surface area (Å²) in [6.07, 6.45) is 4.25. The molecule has 12 heavy (non-hydrogen) atoms. The molecule has 1 heterocycles. The lowest BCUT2D eigenvalue weighted by Gasteiger charge is -2.10. The smallest absolute Gasteiger partial charge is 0.313 e. The molecular weight excluding hydrogens is 156 g/mol. The quantitative estimate of drug-likeness (QED) is 0.404. The van der Waals surface area contributed by atoms with Gasteiger partial charge in [-0.2, -0.15) is 0 Å². The molecule has 0 N–H and O–H groups in total. The summed E-state index contributed by atoms with van der Waals surface area (Å²) in [7, 11) is 0. The van der Waals surface area contributed by atoms with Crippen molar-refractivity contribution in [1.29, 1.82) is 0 Å². The minimum atomic E-state index is -0.325. The van der Waals surface area contributed by atoms with Gasteiger partial charge in [0.1, 0.15) is 0 Å². The molecule has 0 radical (unpaired) electrons. The largest absolute Gasteiger partial charge is 0.393 e. The normalized spacial score (nSPS) is 35.7. The van der Waals surface area contributed by atoms with Gasteiger partial charge in [-0.3, -0.25) is 9.59 Å². The number of ether oxygens (including phenoxy) is 1. The molecule has 2 atom stereocenters. The van der Waals surface area contributed by atoms with Crippen molar-refractivity contribution in [3.63, 3.8) is 0 Å². The Kier molecular flexibility index (Phi) is 1.87. The van der Waals surface area contributed by atoms with Gasteiger partial charge in [0.05, 0.1) is 0 Å². The van der Waals surface area contributed by atoms with Gasteiger partial charge in [-0.1, -0.05) is 6.42 Å². The summed E-state index contributed by atoms with van der Waals surface area (Å²) in [6, 6.07) is 0. The van der Waals surface area contributed by atoms with Crippen molar-refractivity contribution >= 4 is 11.9 Å². The van der Waals surface area contributed by atoms with Gasteiger partial charge in [0.25, 0.3) is 0 Å². The van der Waals surface area contributed by atoms with Crippen LogP contribution in [-0.2, 0) is 14.3 Å². The van der Waals surface area contributed by atoms with Crippen LogP contribution in [0.25, 0.3) is 0 Å². The van der Waals surface area contributed by atoms with Crippen LogP contribution in [0.5, 0.6) is 0 Å². The Hall–Kier alpha value is -0.860. The van der Waals surface area contributed by atoms with E-state index in [-0.39, 0.29) is 11.9 Å². The van der Waals surface area contributed by atoms with Crippen molar-refractivity contribution < 1.29 is 14.3 Å². The number of fused-ring (bicyclic) bond motifs is 1. The van der Waals surface area contributed by atoms with Gasteiger partial charge in [0.2, 0.25) is 0 Å². The van der Waals surface area contributed by atoms with Crippen LogP contribution in [0.4, 0.5) is 0 Å². The molecule has 2 unspecified atom stereocenters. The van der Waals surface area contributed by atoms with Crippen LogP contribution in [0.1, 0.15) is 32.1 Å². The maximum atomic E-state index is 11.0. The minimum absolute atomic E-state index is 0.325. The van der Waals surface area contributed by atoms with Crippen LogP contribution in [0.2, 0.25) is 0 Å². The zero-order valence-corrected chi connectivity index (χ0v) is 6.91. The number of rotatable bonds is 0. The van der Waals surface area contributed by atoms with E-state index in [0.29, 0.717) is 24.7 Å². The van der Waals surface area contributed by atoms with Crippen LogP contribution >= 0.6 is 0 Å². The third kappa shape index (κ3) is 1.36. The summed E-state index contributed by atoms with van der Waals surface area (Å²) in [6.45, 7) is 0. The number of hydrogen-bond donors (Lipinski definition) is 0. The first kappa shape index (κ1) is 7.77. The summed E-state index contributed by atoms with van der Waals surface area (Å²) in [4.78, 5) is 22.0. The van der Waals surface area contributed by atoms with E-state index in [2.05, 4.69) is 4.74 Å². The third-order valence-corrected chi connectivity index (χ3v) is 2.90. The molecule has 1 aliphatic heterocycles. The van der Waals surface area contributed by atoms with E-state index in [1.54, 1.807) is 0 Å². The summed E-state index contributed by atoms with van der Waals surface area (Å²) < 4.78 is 4.57. The monoisotopic (exact) mass is 168 g/mol. The molecule has 1 saturated carbocycles. The maximum Gasteiger partial charge on any atom is 0.313 e. The second-order valence-electron chi connectivity index (χ2n) is 3.71. The molecule has 1 saturated heterocycles. The Bertz CT molecular complexity index is 200. The van der Waals surface area contributed by atoms with Gasteiger partial charge in [-0.15, -0.1) is 0 Å². The summed E-state index contributed by atoms with van der Waals surface area (Å²) in [5, 5.41) is 0. The summed E-state index contributed by atoms with van der Waals surface area (Å²) in [5.74, 6) is 0.191. The van der Waals surface area contributed by atoms with Crippen molar-refractivity contribution in [2.45, 2.75) is 32.1 Å². The molecule has 0 aromatic carbocycles.